The molecular weight excluding hydrogens is 242 g/mol. The first-order valence-corrected chi connectivity index (χ1v) is 5.87. The Morgan fingerprint density at radius 2 is 2.06 bits per heavy atom. The van der Waals surface area contributed by atoms with Crippen molar-refractivity contribution < 1.29 is 9.72 Å². The number of rotatable bonds is 5. The maximum atomic E-state index is 11.3. The van der Waals surface area contributed by atoms with Crippen LogP contribution in [0.15, 0.2) is 12.1 Å². The number of hydrogen-bond donors (Lipinski definition) is 0. The van der Waals surface area contributed by atoms with Crippen LogP contribution in [0.5, 0.6) is 0 Å². The van der Waals surface area contributed by atoms with Crippen molar-refractivity contribution in [1.82, 2.24) is 0 Å². The van der Waals surface area contributed by atoms with Crippen molar-refractivity contribution in [3.8, 4) is 0 Å². The maximum absolute atomic E-state index is 11.3. The van der Waals surface area contributed by atoms with Crippen molar-refractivity contribution in [3.05, 3.63) is 38.9 Å². The van der Waals surface area contributed by atoms with Gasteiger partial charge in [-0.05, 0) is 30.5 Å². The summed E-state index contributed by atoms with van der Waals surface area (Å²) in [6.45, 7) is 3.58. The van der Waals surface area contributed by atoms with Crippen LogP contribution in [0.1, 0.15) is 23.6 Å². The van der Waals surface area contributed by atoms with E-state index in [1.54, 1.807) is 19.1 Å². The molecule has 0 saturated heterocycles. The number of alkyl halides is 1. The SMILES string of the molecule is CCc1cc([N+](=O)[O-])c(C)cc1CC(=O)CCl. The Hall–Kier alpha value is -1.42. The summed E-state index contributed by atoms with van der Waals surface area (Å²) in [6, 6.07) is 3.26. The predicted octanol–water partition coefficient (Wildman–Crippen LogP) is 2.82. The van der Waals surface area contributed by atoms with Gasteiger partial charge >= 0.3 is 0 Å². The molecule has 0 radical (unpaired) electrons. The van der Waals surface area contributed by atoms with Crippen molar-refractivity contribution in [2.24, 2.45) is 0 Å². The first-order valence-electron chi connectivity index (χ1n) is 5.34. The van der Waals surface area contributed by atoms with E-state index in [2.05, 4.69) is 0 Å². The lowest BCUT2D eigenvalue weighted by Gasteiger charge is -2.08. The van der Waals surface area contributed by atoms with Gasteiger partial charge < -0.3 is 0 Å². The number of hydrogen-bond acceptors (Lipinski definition) is 3. The number of halogens is 1. The Morgan fingerprint density at radius 3 is 2.53 bits per heavy atom. The highest BCUT2D eigenvalue weighted by Gasteiger charge is 2.15. The minimum absolute atomic E-state index is 0.0286. The second-order valence-electron chi connectivity index (χ2n) is 3.87. The number of carbonyl (C=O) groups is 1. The summed E-state index contributed by atoms with van der Waals surface area (Å²) in [5.74, 6) is -0.103. The Morgan fingerprint density at radius 1 is 1.41 bits per heavy atom. The number of nitro groups is 1. The molecule has 92 valence electrons. The Bertz CT molecular complexity index is 457. The summed E-state index contributed by atoms with van der Waals surface area (Å²) in [5, 5.41) is 10.8. The van der Waals surface area contributed by atoms with Gasteiger partial charge in [0.05, 0.1) is 10.8 Å². The van der Waals surface area contributed by atoms with Gasteiger partial charge in [-0.3, -0.25) is 14.9 Å². The molecule has 0 atom stereocenters. The number of nitrogens with zero attached hydrogens (tertiary/aromatic N) is 1. The number of carbonyl (C=O) groups excluding carboxylic acids is 1. The molecule has 0 aliphatic rings. The molecule has 0 amide bonds. The van der Waals surface area contributed by atoms with Crippen molar-refractivity contribution in [2.75, 3.05) is 5.88 Å². The third kappa shape index (κ3) is 3.27. The van der Waals surface area contributed by atoms with Crippen LogP contribution in [0, 0.1) is 17.0 Å². The van der Waals surface area contributed by atoms with E-state index in [1.165, 1.54) is 0 Å². The molecule has 0 bridgehead atoms. The number of nitro benzene ring substituents is 1. The highest BCUT2D eigenvalue weighted by molar-refractivity contribution is 6.27. The van der Waals surface area contributed by atoms with Crippen LogP contribution in [0.2, 0.25) is 0 Å². The van der Waals surface area contributed by atoms with Crippen LogP contribution in [-0.4, -0.2) is 16.6 Å². The Labute approximate surface area is 105 Å². The Kier molecular flexibility index (Phi) is 4.63. The summed E-state index contributed by atoms with van der Waals surface area (Å²) < 4.78 is 0. The van der Waals surface area contributed by atoms with Crippen LogP contribution in [0.4, 0.5) is 5.69 Å². The van der Waals surface area contributed by atoms with Gasteiger partial charge in [0.2, 0.25) is 0 Å². The zero-order valence-electron chi connectivity index (χ0n) is 9.83. The van der Waals surface area contributed by atoms with Crippen LogP contribution >= 0.6 is 11.6 Å². The van der Waals surface area contributed by atoms with Gasteiger partial charge in [-0.25, -0.2) is 0 Å². The standard InChI is InChI=1S/C12H14ClNO3/c1-3-9-6-12(14(16)17)8(2)4-10(9)5-11(15)7-13/h4,6H,3,5,7H2,1-2H3. The summed E-state index contributed by atoms with van der Waals surface area (Å²) in [7, 11) is 0. The summed E-state index contributed by atoms with van der Waals surface area (Å²) in [5.41, 5.74) is 2.34. The molecule has 0 aliphatic carbocycles. The lowest BCUT2D eigenvalue weighted by atomic mass is 9.97. The van der Waals surface area contributed by atoms with Gasteiger partial charge in [0, 0.05) is 18.1 Å². The fourth-order valence-electron chi connectivity index (χ4n) is 1.75. The van der Waals surface area contributed by atoms with Gasteiger partial charge in [0.1, 0.15) is 0 Å². The van der Waals surface area contributed by atoms with E-state index in [0.717, 1.165) is 11.1 Å². The molecule has 5 heteroatoms. The molecule has 17 heavy (non-hydrogen) atoms. The zero-order chi connectivity index (χ0) is 13.0. The van der Waals surface area contributed by atoms with E-state index in [1.807, 2.05) is 6.92 Å². The van der Waals surface area contributed by atoms with Crippen molar-refractivity contribution >= 4 is 23.1 Å². The summed E-state index contributed by atoms with van der Waals surface area (Å²) in [6.07, 6.45) is 0.900. The van der Waals surface area contributed by atoms with Crippen LogP contribution in [0.3, 0.4) is 0 Å². The Balaban J connectivity index is 3.18. The third-order valence-electron chi connectivity index (χ3n) is 2.63. The zero-order valence-corrected chi connectivity index (χ0v) is 10.6. The normalized spacial score (nSPS) is 10.3. The first kappa shape index (κ1) is 13.6. The second kappa shape index (κ2) is 5.77. The van der Waals surface area contributed by atoms with Crippen LogP contribution < -0.4 is 0 Å². The van der Waals surface area contributed by atoms with Gasteiger partial charge in [0.25, 0.3) is 5.69 Å². The van der Waals surface area contributed by atoms with Crippen molar-refractivity contribution in [2.45, 2.75) is 26.7 Å². The molecule has 4 nitrogen and oxygen atoms in total. The van der Waals surface area contributed by atoms with E-state index in [4.69, 9.17) is 11.6 Å². The number of ketones is 1. The average Bonchev–Trinajstić information content (AvgIpc) is 2.28. The molecule has 1 rings (SSSR count). The van der Waals surface area contributed by atoms with E-state index >= 15 is 0 Å². The van der Waals surface area contributed by atoms with E-state index in [0.29, 0.717) is 12.0 Å². The quantitative estimate of drug-likeness (QED) is 0.462. The summed E-state index contributed by atoms with van der Waals surface area (Å²) >= 11 is 5.46. The number of benzene rings is 1. The predicted molar refractivity (Wildman–Crippen MR) is 66.6 cm³/mol. The fraction of sp³-hybridized carbons (Fsp3) is 0.417. The van der Waals surface area contributed by atoms with Gasteiger partial charge in [-0.2, -0.15) is 0 Å². The van der Waals surface area contributed by atoms with Gasteiger partial charge in [-0.15, -0.1) is 11.6 Å². The minimum Gasteiger partial charge on any atom is -0.298 e. The third-order valence-corrected chi connectivity index (χ3v) is 2.93. The molecule has 0 fully saturated rings. The average molecular weight is 256 g/mol. The monoisotopic (exact) mass is 255 g/mol. The van der Waals surface area contributed by atoms with Crippen molar-refractivity contribution in [1.29, 1.82) is 0 Å². The smallest absolute Gasteiger partial charge is 0.272 e. The van der Waals surface area contributed by atoms with Crippen LogP contribution in [0.25, 0.3) is 0 Å². The molecule has 0 saturated carbocycles. The lowest BCUT2D eigenvalue weighted by Crippen LogP contribution is -2.07. The highest BCUT2D eigenvalue weighted by atomic mass is 35.5. The summed E-state index contributed by atoms with van der Waals surface area (Å²) in [4.78, 5) is 21.7. The number of aryl methyl sites for hydroxylation is 2. The molecule has 1 aromatic carbocycles. The minimum atomic E-state index is -0.401. The van der Waals surface area contributed by atoms with Gasteiger partial charge in [0.15, 0.2) is 5.78 Å². The number of Topliss-reactive ketones (excluding diaryl/α,β-unsaturated/α-hetero) is 1. The molecule has 0 heterocycles. The van der Waals surface area contributed by atoms with E-state index < -0.39 is 4.92 Å². The topological polar surface area (TPSA) is 60.2 Å². The van der Waals surface area contributed by atoms with E-state index in [9.17, 15) is 14.9 Å². The molecule has 0 unspecified atom stereocenters. The lowest BCUT2D eigenvalue weighted by molar-refractivity contribution is -0.385. The largest absolute Gasteiger partial charge is 0.298 e. The second-order valence-corrected chi connectivity index (χ2v) is 4.13. The van der Waals surface area contributed by atoms with Crippen LogP contribution in [-0.2, 0) is 17.6 Å². The molecule has 0 aromatic heterocycles. The van der Waals surface area contributed by atoms with Crippen molar-refractivity contribution in [3.63, 3.8) is 0 Å². The molecule has 0 aliphatic heterocycles. The molecule has 0 spiro atoms. The molecule has 0 N–H and O–H groups in total. The molecule has 1 aromatic rings. The first-order chi connectivity index (χ1) is 7.99. The van der Waals surface area contributed by atoms with E-state index in [-0.39, 0.29) is 23.8 Å². The molecular formula is C12H14ClNO3. The highest BCUT2D eigenvalue weighted by Crippen LogP contribution is 2.24. The van der Waals surface area contributed by atoms with Gasteiger partial charge in [-0.1, -0.05) is 6.92 Å². The fourth-order valence-corrected chi connectivity index (χ4v) is 1.84. The maximum Gasteiger partial charge on any atom is 0.272 e.